The molecule has 9 heteroatoms. The summed E-state index contributed by atoms with van der Waals surface area (Å²) in [5, 5.41) is 2.83. The van der Waals surface area contributed by atoms with Crippen LogP contribution in [0.2, 0.25) is 0 Å². The lowest BCUT2D eigenvalue weighted by Crippen LogP contribution is -2.41. The van der Waals surface area contributed by atoms with Crippen LogP contribution in [-0.4, -0.2) is 40.8 Å². The number of nitrogens with two attached hydrogens (primary N) is 1. The van der Waals surface area contributed by atoms with Gasteiger partial charge in [-0.05, 0) is 19.3 Å². The lowest BCUT2D eigenvalue weighted by molar-refractivity contribution is -0.243. The van der Waals surface area contributed by atoms with Gasteiger partial charge in [0.15, 0.2) is 6.10 Å². The van der Waals surface area contributed by atoms with E-state index < -0.39 is 24.3 Å². The van der Waals surface area contributed by atoms with Crippen molar-refractivity contribution in [2.75, 3.05) is 11.9 Å². The van der Waals surface area contributed by atoms with Crippen LogP contribution in [-0.2, 0) is 4.74 Å². The number of halogens is 3. The number of carbonyl (C=O) groups excluding carboxylic acids is 1. The SMILES string of the molecule is NC(=O)c1cc(NCC2CCCC(C(F)(F)F)O2)ncn1. The Morgan fingerprint density at radius 2 is 2.19 bits per heavy atom. The summed E-state index contributed by atoms with van der Waals surface area (Å²) in [5.41, 5.74) is 5.11. The predicted octanol–water partition coefficient (Wildman–Crippen LogP) is 1.49. The zero-order chi connectivity index (χ0) is 15.5. The fourth-order valence-electron chi connectivity index (χ4n) is 2.10. The largest absolute Gasteiger partial charge is 0.414 e. The number of rotatable bonds is 4. The van der Waals surface area contributed by atoms with Gasteiger partial charge in [-0.25, -0.2) is 9.97 Å². The third kappa shape index (κ3) is 4.28. The van der Waals surface area contributed by atoms with Crippen LogP contribution in [0.3, 0.4) is 0 Å². The van der Waals surface area contributed by atoms with Gasteiger partial charge in [0.2, 0.25) is 0 Å². The molecule has 1 saturated heterocycles. The molecule has 116 valence electrons. The van der Waals surface area contributed by atoms with Crippen LogP contribution >= 0.6 is 0 Å². The Kier molecular flexibility index (Phi) is 4.61. The molecular formula is C12H15F3N4O2. The number of hydrogen-bond acceptors (Lipinski definition) is 5. The summed E-state index contributed by atoms with van der Waals surface area (Å²) >= 11 is 0. The molecule has 0 aromatic carbocycles. The molecule has 2 rings (SSSR count). The number of anilines is 1. The maximum Gasteiger partial charge on any atom is 0.414 e. The van der Waals surface area contributed by atoms with Crippen molar-refractivity contribution < 1.29 is 22.7 Å². The molecule has 2 atom stereocenters. The Morgan fingerprint density at radius 1 is 1.43 bits per heavy atom. The van der Waals surface area contributed by atoms with Gasteiger partial charge in [-0.3, -0.25) is 4.79 Å². The molecule has 2 unspecified atom stereocenters. The van der Waals surface area contributed by atoms with Crippen molar-refractivity contribution in [3.05, 3.63) is 18.1 Å². The van der Waals surface area contributed by atoms with Gasteiger partial charge < -0.3 is 15.8 Å². The molecular weight excluding hydrogens is 289 g/mol. The van der Waals surface area contributed by atoms with E-state index in [0.29, 0.717) is 18.7 Å². The van der Waals surface area contributed by atoms with E-state index in [4.69, 9.17) is 10.5 Å². The molecule has 0 bridgehead atoms. The zero-order valence-corrected chi connectivity index (χ0v) is 11.1. The average Bonchev–Trinajstić information content (AvgIpc) is 2.45. The first-order chi connectivity index (χ1) is 9.86. The molecule has 0 radical (unpaired) electrons. The average molecular weight is 304 g/mol. The van der Waals surface area contributed by atoms with E-state index in [2.05, 4.69) is 15.3 Å². The van der Waals surface area contributed by atoms with Crippen LogP contribution in [0.15, 0.2) is 12.4 Å². The highest BCUT2D eigenvalue weighted by Gasteiger charge is 2.43. The summed E-state index contributed by atoms with van der Waals surface area (Å²) in [7, 11) is 0. The first kappa shape index (κ1) is 15.5. The fraction of sp³-hybridized carbons (Fsp3) is 0.583. The Morgan fingerprint density at radius 3 is 2.86 bits per heavy atom. The van der Waals surface area contributed by atoms with E-state index in [1.54, 1.807) is 0 Å². The molecule has 0 aliphatic carbocycles. The lowest BCUT2D eigenvalue weighted by atomic mass is 10.0. The molecule has 6 nitrogen and oxygen atoms in total. The highest BCUT2D eigenvalue weighted by atomic mass is 19.4. The molecule has 1 aromatic heterocycles. The first-order valence-corrected chi connectivity index (χ1v) is 6.44. The Labute approximate surface area is 118 Å². The van der Waals surface area contributed by atoms with Gasteiger partial charge in [0, 0.05) is 12.6 Å². The number of nitrogens with one attached hydrogen (secondary N) is 1. The number of alkyl halides is 3. The minimum absolute atomic E-state index is 0.0146. The molecule has 1 aliphatic heterocycles. The topological polar surface area (TPSA) is 90.1 Å². The van der Waals surface area contributed by atoms with Gasteiger partial charge in [0.25, 0.3) is 5.91 Å². The number of ether oxygens (including phenoxy) is 1. The predicted molar refractivity (Wildman–Crippen MR) is 67.6 cm³/mol. The molecule has 0 saturated carbocycles. The van der Waals surface area contributed by atoms with E-state index in [-0.39, 0.29) is 18.7 Å². The summed E-state index contributed by atoms with van der Waals surface area (Å²) in [6.07, 6.45) is -4.49. The number of aromatic nitrogens is 2. The van der Waals surface area contributed by atoms with E-state index in [1.165, 1.54) is 6.07 Å². The van der Waals surface area contributed by atoms with E-state index in [1.807, 2.05) is 0 Å². The Balaban J connectivity index is 1.91. The van der Waals surface area contributed by atoms with Crippen molar-refractivity contribution in [3.63, 3.8) is 0 Å². The number of primary amides is 1. The van der Waals surface area contributed by atoms with Crippen molar-refractivity contribution in [1.82, 2.24) is 9.97 Å². The Bertz CT molecular complexity index is 510. The molecule has 1 aliphatic rings. The van der Waals surface area contributed by atoms with E-state index >= 15 is 0 Å². The molecule has 2 heterocycles. The van der Waals surface area contributed by atoms with Crippen LogP contribution < -0.4 is 11.1 Å². The van der Waals surface area contributed by atoms with Crippen LogP contribution in [0.4, 0.5) is 19.0 Å². The number of hydrogen-bond donors (Lipinski definition) is 2. The highest BCUT2D eigenvalue weighted by Crippen LogP contribution is 2.32. The quantitative estimate of drug-likeness (QED) is 0.879. The Hall–Kier alpha value is -1.90. The van der Waals surface area contributed by atoms with Crippen LogP contribution in [0, 0.1) is 0 Å². The number of amides is 1. The summed E-state index contributed by atoms with van der Waals surface area (Å²) < 4.78 is 42.8. The molecule has 1 aromatic rings. The van der Waals surface area contributed by atoms with E-state index in [0.717, 1.165) is 6.33 Å². The number of nitrogens with zero attached hydrogens (tertiary/aromatic N) is 2. The van der Waals surface area contributed by atoms with Gasteiger partial charge in [0.05, 0.1) is 6.10 Å². The van der Waals surface area contributed by atoms with Gasteiger partial charge >= 0.3 is 6.18 Å². The van der Waals surface area contributed by atoms with Gasteiger partial charge in [-0.15, -0.1) is 0 Å². The third-order valence-electron chi connectivity index (χ3n) is 3.14. The second-order valence-electron chi connectivity index (χ2n) is 4.75. The normalized spacial score (nSPS) is 22.8. The fourth-order valence-corrected chi connectivity index (χ4v) is 2.10. The minimum Gasteiger partial charge on any atom is -0.367 e. The van der Waals surface area contributed by atoms with Crippen molar-refractivity contribution in [3.8, 4) is 0 Å². The third-order valence-corrected chi connectivity index (χ3v) is 3.14. The molecule has 1 fully saturated rings. The van der Waals surface area contributed by atoms with Crippen molar-refractivity contribution in [2.45, 2.75) is 37.6 Å². The van der Waals surface area contributed by atoms with Gasteiger partial charge in [0.1, 0.15) is 17.8 Å². The lowest BCUT2D eigenvalue weighted by Gasteiger charge is -2.31. The molecule has 1 amide bonds. The molecule has 21 heavy (non-hydrogen) atoms. The highest BCUT2D eigenvalue weighted by molar-refractivity contribution is 5.91. The summed E-state index contributed by atoms with van der Waals surface area (Å²) in [4.78, 5) is 18.5. The zero-order valence-electron chi connectivity index (χ0n) is 11.1. The van der Waals surface area contributed by atoms with Crippen molar-refractivity contribution in [1.29, 1.82) is 0 Å². The molecule has 3 N–H and O–H groups in total. The standard InChI is InChI=1S/C12H15F3N4O2/c13-12(14,15)9-3-1-2-7(21-9)5-17-10-4-8(11(16)20)18-6-19-10/h4,6-7,9H,1-3,5H2,(H2,16,20)(H,17,18,19). The summed E-state index contributed by atoms with van der Waals surface area (Å²) in [6.45, 7) is 0.168. The van der Waals surface area contributed by atoms with Gasteiger partial charge in [-0.2, -0.15) is 13.2 Å². The molecule has 0 spiro atoms. The second-order valence-corrected chi connectivity index (χ2v) is 4.75. The van der Waals surface area contributed by atoms with Crippen molar-refractivity contribution >= 4 is 11.7 Å². The maximum absolute atomic E-state index is 12.6. The number of carbonyl (C=O) groups is 1. The van der Waals surface area contributed by atoms with Crippen molar-refractivity contribution in [2.24, 2.45) is 5.73 Å². The van der Waals surface area contributed by atoms with E-state index in [9.17, 15) is 18.0 Å². The smallest absolute Gasteiger partial charge is 0.367 e. The van der Waals surface area contributed by atoms with Crippen LogP contribution in [0.5, 0.6) is 0 Å². The summed E-state index contributed by atoms with van der Waals surface area (Å²) in [6, 6.07) is 1.34. The second kappa shape index (κ2) is 6.25. The van der Waals surface area contributed by atoms with Gasteiger partial charge in [-0.1, -0.05) is 0 Å². The first-order valence-electron chi connectivity index (χ1n) is 6.44. The van der Waals surface area contributed by atoms with Crippen LogP contribution in [0.1, 0.15) is 29.8 Å². The van der Waals surface area contributed by atoms with Crippen LogP contribution in [0.25, 0.3) is 0 Å². The summed E-state index contributed by atoms with van der Waals surface area (Å²) in [5.74, 6) is -0.386. The monoisotopic (exact) mass is 304 g/mol. The maximum atomic E-state index is 12.6. The minimum atomic E-state index is -4.34.